The molecule has 0 bridgehead atoms. The first kappa shape index (κ1) is 61.5. The van der Waals surface area contributed by atoms with E-state index in [-0.39, 0.29) is 17.1 Å². The summed E-state index contributed by atoms with van der Waals surface area (Å²) in [5.41, 5.74) is 1.77. The molecule has 0 amide bonds. The van der Waals surface area contributed by atoms with Crippen molar-refractivity contribution in [3.8, 4) is 0 Å². The van der Waals surface area contributed by atoms with Crippen LogP contribution >= 0.6 is 0 Å². The average molecular weight is 805 g/mol. The number of carbonyl (C=O) groups is 2. The molecule has 0 saturated carbocycles. The van der Waals surface area contributed by atoms with Crippen molar-refractivity contribution in [2.75, 3.05) is 52.4 Å². The Morgan fingerprint density at radius 1 is 0.396 bits per heavy atom. The maximum Gasteiger partial charge on any atom is 0.300 e. The predicted octanol–water partition coefficient (Wildman–Crippen LogP) is 13.5. The van der Waals surface area contributed by atoms with Crippen LogP contribution in [0.5, 0.6) is 0 Å². The number of carboxylic acids is 2. The van der Waals surface area contributed by atoms with Crippen molar-refractivity contribution in [1.82, 2.24) is 0 Å². The van der Waals surface area contributed by atoms with Gasteiger partial charge in [0.1, 0.15) is 0 Å². The third-order valence-corrected chi connectivity index (χ3v) is 7.80. The fraction of sp³-hybridized carbons (Fsp3) is 0.955. The molecule has 0 aliphatic heterocycles. The van der Waals surface area contributed by atoms with E-state index in [1.165, 1.54) is 51.4 Å². The van der Waals surface area contributed by atoms with Gasteiger partial charge >= 0.3 is 0 Å². The summed E-state index contributed by atoms with van der Waals surface area (Å²) in [6, 6.07) is 0. The molecule has 9 heteroatoms. The van der Waals surface area contributed by atoms with Gasteiger partial charge in [-0.2, -0.15) is 26.2 Å². The van der Waals surface area contributed by atoms with E-state index in [0.717, 1.165) is 89.9 Å². The zero-order valence-corrected chi connectivity index (χ0v) is 39.4. The van der Waals surface area contributed by atoms with Gasteiger partial charge in [0.05, 0.1) is 0 Å². The van der Waals surface area contributed by atoms with Crippen LogP contribution in [0, 0.1) is 45.3 Å². The molecule has 0 spiro atoms. The first-order valence-electron chi connectivity index (χ1n) is 20.4. The van der Waals surface area contributed by atoms with E-state index < -0.39 is 11.9 Å². The zero-order chi connectivity index (χ0) is 41.6. The van der Waals surface area contributed by atoms with Crippen molar-refractivity contribution in [2.45, 2.75) is 176 Å². The van der Waals surface area contributed by atoms with Gasteiger partial charge in [0, 0.05) is 30.9 Å². The fourth-order valence-corrected chi connectivity index (χ4v) is 6.57. The minimum atomic E-state index is -0.833. The molecule has 8 nitrogen and oxygen atoms in total. The second kappa shape index (κ2) is 34.5. The first-order chi connectivity index (χ1) is 23.5. The number of hydrogen-bond acceptors (Lipinski definition) is 2. The summed E-state index contributed by atoms with van der Waals surface area (Å²) in [6.07, 6.45) is 10.0. The molecular weight excluding hydrogens is 712 g/mol. The summed E-state index contributed by atoms with van der Waals surface area (Å²) in [5.74, 6) is 1.44. The topological polar surface area (TPSA) is 131 Å². The van der Waals surface area contributed by atoms with E-state index in [1.54, 1.807) is 0 Å². The van der Waals surface area contributed by atoms with E-state index in [0.29, 0.717) is 21.7 Å². The number of aliphatic carboxylic acids is 2. The Morgan fingerprint density at radius 3 is 0.642 bits per heavy atom. The van der Waals surface area contributed by atoms with Gasteiger partial charge in [-0.05, 0) is 71.0 Å². The summed E-state index contributed by atoms with van der Waals surface area (Å²) in [7, 11) is 0. The second-order valence-corrected chi connectivity index (χ2v) is 20.4. The Morgan fingerprint density at radius 2 is 0.528 bits per heavy atom. The van der Waals surface area contributed by atoms with Gasteiger partial charge in [-0.3, -0.25) is 9.59 Å². The van der Waals surface area contributed by atoms with Crippen molar-refractivity contribution in [3.05, 3.63) is 21.3 Å². The minimum Gasteiger partial charge on any atom is -0.664 e. The van der Waals surface area contributed by atoms with Gasteiger partial charge < -0.3 is 31.5 Å². The van der Waals surface area contributed by atoms with Crippen molar-refractivity contribution >= 4 is 11.9 Å². The van der Waals surface area contributed by atoms with Crippen molar-refractivity contribution in [2.24, 2.45) is 45.3 Å². The van der Waals surface area contributed by atoms with Crippen molar-refractivity contribution in [1.29, 1.82) is 0 Å². The molecule has 0 aliphatic rings. The Hall–Kier alpha value is -0.701. The maximum atomic E-state index is 9.00. The molecule has 2 N–H and O–H groups in total. The van der Waals surface area contributed by atoms with Crippen LogP contribution in [0.2, 0.25) is 0 Å². The molecule has 0 aromatic rings. The van der Waals surface area contributed by atoms with Crippen LogP contribution in [-0.4, -0.2) is 74.5 Å². The monoisotopic (exact) mass is 804 g/mol. The molecule has 0 aromatic heterocycles. The van der Waals surface area contributed by atoms with Crippen LogP contribution in [-0.2, 0) is 26.7 Å². The van der Waals surface area contributed by atoms with Gasteiger partial charge in [0.25, 0.3) is 11.9 Å². The second-order valence-electron chi connectivity index (χ2n) is 20.4. The SMILES string of the molecule is CC(=O)O.CC(=O)O.CC(CC[N-]CC[N-]CCC(C)CC(C)(C)C)CC(C)(C)C.CC(CC[N-]CC[N-]CCC(C)CC(C)(C)C)CC(C)(C)C.[Cu]. The predicted molar refractivity (Wildman–Crippen MR) is 230 cm³/mol. The average Bonchev–Trinajstić information content (AvgIpc) is 2.87. The van der Waals surface area contributed by atoms with Crippen LogP contribution in [0.15, 0.2) is 0 Å². The summed E-state index contributed by atoms with van der Waals surface area (Å²) < 4.78 is 0. The summed E-state index contributed by atoms with van der Waals surface area (Å²) in [6.45, 7) is 47.1. The zero-order valence-electron chi connectivity index (χ0n) is 38.4. The molecule has 4 unspecified atom stereocenters. The maximum absolute atomic E-state index is 9.00. The molecule has 1 radical (unpaired) electrons. The van der Waals surface area contributed by atoms with Crippen LogP contribution in [0.1, 0.15) is 176 Å². The molecule has 0 rings (SSSR count). The number of rotatable bonds is 22. The normalized spacial score (nSPS) is 14.1. The summed E-state index contributed by atoms with van der Waals surface area (Å²) in [4.78, 5) is 18.0. The quantitative estimate of drug-likeness (QED) is 0.0833. The van der Waals surface area contributed by atoms with Crippen LogP contribution in [0.25, 0.3) is 21.3 Å². The molecule has 4 atom stereocenters. The van der Waals surface area contributed by atoms with E-state index in [4.69, 9.17) is 19.8 Å². The standard InChI is InChI=1S/2C20H42N2.2C2H4O2.Cu/c2*1-17(15-19(3,4)5)9-11-21-13-14-22-12-10-18(2)16-20(6,7)8;2*1-2(3)4;/h2*17-18H,9-16H2,1-8H3;2*1H3,(H,3,4);/q2*-2;;;. The van der Waals surface area contributed by atoms with Gasteiger partial charge in [-0.25, -0.2) is 0 Å². The van der Waals surface area contributed by atoms with E-state index in [2.05, 4.69) is 132 Å². The third-order valence-electron chi connectivity index (χ3n) is 7.80. The fourth-order valence-electron chi connectivity index (χ4n) is 6.57. The van der Waals surface area contributed by atoms with Crippen molar-refractivity contribution < 1.29 is 36.9 Å². The Kier molecular flexibility index (Phi) is 40.1. The first-order valence-corrected chi connectivity index (χ1v) is 20.4. The van der Waals surface area contributed by atoms with E-state index in [9.17, 15) is 0 Å². The Balaban J connectivity index is -0.000000236. The smallest absolute Gasteiger partial charge is 0.300 e. The molecular formula is C44H92CuN4O4-4. The molecule has 53 heavy (non-hydrogen) atoms. The summed E-state index contributed by atoms with van der Waals surface area (Å²) in [5, 5.41) is 33.3. The third kappa shape index (κ3) is 73.1. The molecule has 327 valence electrons. The largest absolute Gasteiger partial charge is 0.664 e. The molecule has 0 saturated heterocycles. The van der Waals surface area contributed by atoms with Gasteiger partial charge in [0.2, 0.25) is 0 Å². The molecule has 0 heterocycles. The van der Waals surface area contributed by atoms with Crippen molar-refractivity contribution in [3.63, 3.8) is 0 Å². The van der Waals surface area contributed by atoms with Crippen LogP contribution < -0.4 is 0 Å². The number of carboxylic acid groups (broad SMARTS) is 2. The van der Waals surface area contributed by atoms with Gasteiger partial charge in [-0.15, -0.1) is 26.2 Å². The Bertz CT molecular complexity index is 697. The summed E-state index contributed by atoms with van der Waals surface area (Å²) >= 11 is 0. The minimum absolute atomic E-state index is 0. The van der Waals surface area contributed by atoms with Gasteiger partial charge in [-0.1, -0.05) is 136 Å². The van der Waals surface area contributed by atoms with E-state index >= 15 is 0 Å². The molecule has 0 aromatic carbocycles. The number of hydrogen-bond donors (Lipinski definition) is 2. The molecule has 0 aliphatic carbocycles. The molecule has 0 fully saturated rings. The number of nitrogens with zero attached hydrogens (tertiary/aromatic N) is 4. The van der Waals surface area contributed by atoms with E-state index in [1.807, 2.05) is 0 Å². The Labute approximate surface area is 342 Å². The van der Waals surface area contributed by atoms with Gasteiger partial charge in [0.15, 0.2) is 0 Å². The van der Waals surface area contributed by atoms with Crippen LogP contribution in [0.3, 0.4) is 0 Å². The van der Waals surface area contributed by atoms with Crippen LogP contribution in [0.4, 0.5) is 0 Å².